The molecule has 1 aliphatic rings. The number of benzene rings is 1. The van der Waals surface area contributed by atoms with Crippen molar-refractivity contribution in [1.29, 1.82) is 0 Å². The molecule has 1 N–H and O–H groups in total. The molecule has 0 spiro atoms. The summed E-state index contributed by atoms with van der Waals surface area (Å²) in [6.07, 6.45) is 0. The summed E-state index contributed by atoms with van der Waals surface area (Å²) >= 11 is 0. The number of hydrogen-bond donors (Lipinski definition) is 1. The number of carbonyl (C=O) groups excluding carboxylic acids is 1. The molecule has 118 valence electrons. The molecule has 1 aromatic carbocycles. The van der Waals surface area contributed by atoms with E-state index in [4.69, 9.17) is 5.11 Å². The van der Waals surface area contributed by atoms with Gasteiger partial charge < -0.3 is 14.6 Å². The second-order valence-electron chi connectivity index (χ2n) is 5.68. The summed E-state index contributed by atoms with van der Waals surface area (Å²) < 4.78 is 2.25. The second-order valence-corrected chi connectivity index (χ2v) is 5.68. The smallest absolute Gasteiger partial charge is 0.248 e. The average Bonchev–Trinajstić information content (AvgIpc) is 2.88. The highest BCUT2D eigenvalue weighted by Crippen LogP contribution is 2.15. The molecule has 0 unspecified atom stereocenters. The summed E-state index contributed by atoms with van der Waals surface area (Å²) in [7, 11) is 0. The lowest BCUT2D eigenvalue weighted by atomic mass is 10.3. The van der Waals surface area contributed by atoms with Gasteiger partial charge in [0.25, 0.3) is 0 Å². The lowest BCUT2D eigenvalue weighted by Gasteiger charge is -2.34. The zero-order chi connectivity index (χ0) is 15.5. The van der Waals surface area contributed by atoms with Gasteiger partial charge in [0.1, 0.15) is 12.4 Å². The highest BCUT2D eigenvalue weighted by molar-refractivity contribution is 5.77. The molecule has 0 saturated carbocycles. The van der Waals surface area contributed by atoms with Crippen LogP contribution in [-0.2, 0) is 11.3 Å². The zero-order valence-electron chi connectivity index (χ0n) is 12.9. The Morgan fingerprint density at radius 2 is 1.91 bits per heavy atom. The molecule has 22 heavy (non-hydrogen) atoms. The largest absolute Gasteiger partial charge is 0.387 e. The number of aliphatic hydroxyl groups excluding tert-OH is 1. The van der Waals surface area contributed by atoms with Gasteiger partial charge in [0.05, 0.1) is 11.0 Å². The Kier molecular flexibility index (Phi) is 4.40. The fourth-order valence-corrected chi connectivity index (χ4v) is 3.04. The molecule has 6 heteroatoms. The summed E-state index contributed by atoms with van der Waals surface area (Å²) in [5.74, 6) is 0.867. The Morgan fingerprint density at radius 3 is 2.64 bits per heavy atom. The number of aryl methyl sites for hydroxylation is 1. The first-order chi connectivity index (χ1) is 10.7. The molecule has 2 aromatic rings. The number of hydrogen-bond acceptors (Lipinski definition) is 4. The van der Waals surface area contributed by atoms with Crippen LogP contribution in [0.25, 0.3) is 11.0 Å². The third kappa shape index (κ3) is 2.98. The predicted octanol–water partition coefficient (Wildman–Crippen LogP) is 0.481. The Balaban J connectivity index is 1.59. The van der Waals surface area contributed by atoms with Crippen molar-refractivity contribution in [3.63, 3.8) is 0 Å². The van der Waals surface area contributed by atoms with Crippen LogP contribution in [0.15, 0.2) is 24.3 Å². The summed E-state index contributed by atoms with van der Waals surface area (Å²) in [4.78, 5) is 20.1. The van der Waals surface area contributed by atoms with Crippen molar-refractivity contribution in [1.82, 2.24) is 19.4 Å². The van der Waals surface area contributed by atoms with Crippen LogP contribution >= 0.6 is 0 Å². The van der Waals surface area contributed by atoms with Crippen LogP contribution in [0.1, 0.15) is 5.82 Å². The van der Waals surface area contributed by atoms with Crippen molar-refractivity contribution < 1.29 is 9.90 Å². The number of aromatic nitrogens is 2. The maximum absolute atomic E-state index is 11.5. The van der Waals surface area contributed by atoms with Crippen molar-refractivity contribution in [2.24, 2.45) is 0 Å². The molecule has 0 radical (unpaired) electrons. The molecular weight excluding hydrogens is 280 g/mol. The number of nitrogens with zero attached hydrogens (tertiary/aromatic N) is 4. The minimum atomic E-state index is -0.389. The van der Waals surface area contributed by atoms with Crippen LogP contribution < -0.4 is 0 Å². The minimum absolute atomic E-state index is 0.170. The predicted molar refractivity (Wildman–Crippen MR) is 84.6 cm³/mol. The van der Waals surface area contributed by atoms with E-state index in [2.05, 4.69) is 20.5 Å². The molecule has 1 amide bonds. The summed E-state index contributed by atoms with van der Waals surface area (Å²) in [5.41, 5.74) is 2.22. The molecular formula is C16H22N4O2. The number of imidazole rings is 1. The van der Waals surface area contributed by atoms with Crippen LogP contribution in [0.2, 0.25) is 0 Å². The average molecular weight is 302 g/mol. The van der Waals surface area contributed by atoms with E-state index in [1.165, 1.54) is 5.52 Å². The monoisotopic (exact) mass is 302 g/mol. The second kappa shape index (κ2) is 6.46. The lowest BCUT2D eigenvalue weighted by molar-refractivity contribution is -0.135. The van der Waals surface area contributed by atoms with E-state index < -0.39 is 0 Å². The van der Waals surface area contributed by atoms with E-state index in [-0.39, 0.29) is 12.5 Å². The van der Waals surface area contributed by atoms with Crippen molar-refractivity contribution in [3.8, 4) is 0 Å². The van der Waals surface area contributed by atoms with E-state index >= 15 is 0 Å². The van der Waals surface area contributed by atoms with Gasteiger partial charge in [-0.1, -0.05) is 12.1 Å². The fraction of sp³-hybridized carbons (Fsp3) is 0.500. The summed E-state index contributed by atoms with van der Waals surface area (Å²) in [6.45, 7) is 6.61. The first-order valence-corrected chi connectivity index (χ1v) is 7.72. The molecule has 3 rings (SSSR count). The Bertz CT molecular complexity index is 659. The highest BCUT2D eigenvalue weighted by Gasteiger charge is 2.20. The van der Waals surface area contributed by atoms with Gasteiger partial charge in [-0.05, 0) is 19.1 Å². The SMILES string of the molecule is Cc1nc2ccccc2n1CCN1CCN(C(=O)CO)CC1. The van der Waals surface area contributed by atoms with Gasteiger partial charge in [-0.3, -0.25) is 9.69 Å². The van der Waals surface area contributed by atoms with Crippen molar-refractivity contribution in [2.75, 3.05) is 39.3 Å². The van der Waals surface area contributed by atoms with E-state index in [9.17, 15) is 4.79 Å². The summed E-state index contributed by atoms with van der Waals surface area (Å²) in [5, 5.41) is 8.90. The standard InChI is InChI=1S/C16H22N4O2/c1-13-17-14-4-2-3-5-15(14)20(13)11-8-18-6-9-19(10-7-18)16(22)12-21/h2-5,21H,6-12H2,1H3. The van der Waals surface area contributed by atoms with Gasteiger partial charge >= 0.3 is 0 Å². The van der Waals surface area contributed by atoms with Crippen LogP contribution in [0.3, 0.4) is 0 Å². The number of aliphatic hydroxyl groups is 1. The normalized spacial score (nSPS) is 16.4. The number of fused-ring (bicyclic) bond motifs is 1. The van der Waals surface area contributed by atoms with Crippen molar-refractivity contribution in [2.45, 2.75) is 13.5 Å². The molecule has 1 saturated heterocycles. The van der Waals surface area contributed by atoms with E-state index in [1.807, 2.05) is 25.1 Å². The first kappa shape index (κ1) is 15.0. The number of carbonyl (C=O) groups is 1. The molecule has 0 atom stereocenters. The topological polar surface area (TPSA) is 61.6 Å². The third-order valence-corrected chi connectivity index (χ3v) is 4.35. The highest BCUT2D eigenvalue weighted by atomic mass is 16.3. The van der Waals surface area contributed by atoms with Gasteiger partial charge in [0.15, 0.2) is 0 Å². The van der Waals surface area contributed by atoms with Crippen LogP contribution in [-0.4, -0.2) is 69.7 Å². The molecule has 6 nitrogen and oxygen atoms in total. The van der Waals surface area contributed by atoms with Gasteiger partial charge in [-0.2, -0.15) is 0 Å². The minimum Gasteiger partial charge on any atom is -0.387 e. The van der Waals surface area contributed by atoms with E-state index in [1.54, 1.807) is 4.90 Å². The van der Waals surface area contributed by atoms with Crippen molar-refractivity contribution in [3.05, 3.63) is 30.1 Å². The van der Waals surface area contributed by atoms with E-state index in [0.29, 0.717) is 13.1 Å². The van der Waals surface area contributed by atoms with Gasteiger partial charge in [-0.25, -0.2) is 4.98 Å². The maximum atomic E-state index is 11.5. The maximum Gasteiger partial charge on any atom is 0.248 e. The van der Waals surface area contributed by atoms with Gasteiger partial charge in [0, 0.05) is 39.3 Å². The Hall–Kier alpha value is -1.92. The first-order valence-electron chi connectivity index (χ1n) is 7.72. The Morgan fingerprint density at radius 1 is 1.18 bits per heavy atom. The van der Waals surface area contributed by atoms with Crippen LogP contribution in [0.5, 0.6) is 0 Å². The molecule has 0 bridgehead atoms. The summed E-state index contributed by atoms with van der Waals surface area (Å²) in [6, 6.07) is 8.20. The number of para-hydroxylation sites is 2. The molecule has 2 heterocycles. The molecule has 1 fully saturated rings. The van der Waals surface area contributed by atoms with Crippen molar-refractivity contribution >= 4 is 16.9 Å². The van der Waals surface area contributed by atoms with Crippen LogP contribution in [0.4, 0.5) is 0 Å². The molecule has 1 aromatic heterocycles. The lowest BCUT2D eigenvalue weighted by Crippen LogP contribution is -2.50. The number of rotatable bonds is 4. The molecule has 0 aliphatic carbocycles. The number of piperazine rings is 1. The fourth-order valence-electron chi connectivity index (χ4n) is 3.04. The van der Waals surface area contributed by atoms with E-state index in [0.717, 1.165) is 37.5 Å². The Labute approximate surface area is 130 Å². The van der Waals surface area contributed by atoms with Crippen LogP contribution in [0, 0.1) is 6.92 Å². The molecule has 1 aliphatic heterocycles. The quantitative estimate of drug-likeness (QED) is 0.892. The van der Waals surface area contributed by atoms with Gasteiger partial charge in [0.2, 0.25) is 5.91 Å². The zero-order valence-corrected chi connectivity index (χ0v) is 12.9. The van der Waals surface area contributed by atoms with Gasteiger partial charge in [-0.15, -0.1) is 0 Å². The number of amides is 1. The third-order valence-electron chi connectivity index (χ3n) is 4.35.